The van der Waals surface area contributed by atoms with Gasteiger partial charge in [0.25, 0.3) is 5.91 Å². The minimum atomic E-state index is -0.998. The largest absolute Gasteiger partial charge is 0.464 e. The SMILES string of the molecule is COC(=O)C1=NN[C@@H]2C(=O)N(c3ccc(C(C)=O)cc3)C(=O)[C@@H]12. The standard InChI is InChI=1S/C15H13N3O5/c1-7(19)8-3-5-9(6-4-8)18-13(20)10-11(14(18)21)16-17-12(10)15(22)23-2/h3-6,10-11,16H,1-2H3/t10-,11+/m1/s1. The molecule has 1 aromatic rings. The van der Waals surface area contributed by atoms with Gasteiger partial charge in [-0.15, -0.1) is 0 Å². The van der Waals surface area contributed by atoms with Crippen LogP contribution in [0.25, 0.3) is 0 Å². The summed E-state index contributed by atoms with van der Waals surface area (Å²) in [5.41, 5.74) is 3.22. The number of esters is 1. The van der Waals surface area contributed by atoms with Crippen molar-refractivity contribution in [3.8, 4) is 0 Å². The van der Waals surface area contributed by atoms with Gasteiger partial charge in [0.05, 0.1) is 12.8 Å². The maximum atomic E-state index is 12.6. The molecule has 0 unspecified atom stereocenters. The number of amides is 2. The highest BCUT2D eigenvalue weighted by molar-refractivity contribution is 6.46. The van der Waals surface area contributed by atoms with E-state index in [4.69, 9.17) is 0 Å². The van der Waals surface area contributed by atoms with Gasteiger partial charge in [-0.1, -0.05) is 0 Å². The van der Waals surface area contributed by atoms with Crippen LogP contribution in [0.15, 0.2) is 29.4 Å². The number of nitrogens with one attached hydrogen (secondary N) is 1. The van der Waals surface area contributed by atoms with Gasteiger partial charge in [-0.25, -0.2) is 9.69 Å². The average Bonchev–Trinajstić information content (AvgIpc) is 3.08. The number of Topliss-reactive ketones (excluding diaryl/α,β-unsaturated/α-hetero) is 1. The van der Waals surface area contributed by atoms with Crippen molar-refractivity contribution in [1.29, 1.82) is 0 Å². The Labute approximate surface area is 131 Å². The van der Waals surface area contributed by atoms with Gasteiger partial charge in [0.15, 0.2) is 11.5 Å². The molecule has 23 heavy (non-hydrogen) atoms. The van der Waals surface area contributed by atoms with Crippen LogP contribution in [-0.2, 0) is 19.1 Å². The van der Waals surface area contributed by atoms with E-state index in [-0.39, 0.29) is 11.5 Å². The van der Waals surface area contributed by atoms with Crippen LogP contribution in [0.2, 0.25) is 0 Å². The van der Waals surface area contributed by atoms with Gasteiger partial charge in [-0.2, -0.15) is 5.10 Å². The Morgan fingerprint density at radius 2 is 1.83 bits per heavy atom. The van der Waals surface area contributed by atoms with E-state index in [2.05, 4.69) is 15.3 Å². The number of methoxy groups -OCH3 is 1. The highest BCUT2D eigenvalue weighted by Gasteiger charge is 2.55. The third-order valence-corrected chi connectivity index (χ3v) is 3.85. The van der Waals surface area contributed by atoms with Crippen molar-refractivity contribution < 1.29 is 23.9 Å². The van der Waals surface area contributed by atoms with Gasteiger partial charge < -0.3 is 4.74 Å². The van der Waals surface area contributed by atoms with Crippen molar-refractivity contribution >= 4 is 35.0 Å². The smallest absolute Gasteiger partial charge is 0.355 e. The van der Waals surface area contributed by atoms with Gasteiger partial charge in [0.2, 0.25) is 5.91 Å². The van der Waals surface area contributed by atoms with Crippen molar-refractivity contribution in [1.82, 2.24) is 5.43 Å². The number of hydrogen-bond donors (Lipinski definition) is 1. The summed E-state index contributed by atoms with van der Waals surface area (Å²) < 4.78 is 4.58. The summed E-state index contributed by atoms with van der Waals surface area (Å²) in [4.78, 5) is 48.9. The fraction of sp³-hybridized carbons (Fsp3) is 0.267. The molecule has 2 heterocycles. The Hall–Kier alpha value is -3.03. The minimum Gasteiger partial charge on any atom is -0.464 e. The van der Waals surface area contributed by atoms with E-state index in [1.165, 1.54) is 38.3 Å². The number of benzene rings is 1. The summed E-state index contributed by atoms with van der Waals surface area (Å²) in [6, 6.07) is 5.19. The zero-order valence-corrected chi connectivity index (χ0v) is 12.4. The number of hydrogen-bond acceptors (Lipinski definition) is 7. The van der Waals surface area contributed by atoms with Gasteiger partial charge in [0.1, 0.15) is 12.0 Å². The summed E-state index contributed by atoms with van der Waals surface area (Å²) in [7, 11) is 1.18. The molecule has 0 saturated carbocycles. The molecule has 0 spiro atoms. The summed E-state index contributed by atoms with van der Waals surface area (Å²) in [6.07, 6.45) is 0. The van der Waals surface area contributed by atoms with Crippen molar-refractivity contribution in [3.63, 3.8) is 0 Å². The molecule has 1 saturated heterocycles. The fourth-order valence-corrected chi connectivity index (χ4v) is 2.66. The molecule has 2 aliphatic heterocycles. The van der Waals surface area contributed by atoms with E-state index in [9.17, 15) is 19.2 Å². The molecule has 8 nitrogen and oxygen atoms in total. The third kappa shape index (κ3) is 2.19. The van der Waals surface area contributed by atoms with Crippen LogP contribution < -0.4 is 10.3 Å². The van der Waals surface area contributed by atoms with Crippen molar-refractivity contribution in [3.05, 3.63) is 29.8 Å². The Morgan fingerprint density at radius 3 is 2.39 bits per heavy atom. The molecule has 3 rings (SSSR count). The molecule has 2 atom stereocenters. The molecule has 8 heteroatoms. The van der Waals surface area contributed by atoms with E-state index in [1.54, 1.807) is 0 Å². The topological polar surface area (TPSA) is 105 Å². The second-order valence-corrected chi connectivity index (χ2v) is 5.19. The first kappa shape index (κ1) is 14.9. The molecule has 1 fully saturated rings. The number of nitrogens with zero attached hydrogens (tertiary/aromatic N) is 2. The lowest BCUT2D eigenvalue weighted by Gasteiger charge is -2.15. The van der Waals surface area contributed by atoms with Gasteiger partial charge in [0, 0.05) is 5.56 Å². The molecule has 118 valence electrons. The predicted molar refractivity (Wildman–Crippen MR) is 78.8 cm³/mol. The summed E-state index contributed by atoms with van der Waals surface area (Å²) in [5, 5.41) is 3.74. The number of carbonyl (C=O) groups is 4. The van der Waals surface area contributed by atoms with Gasteiger partial charge in [-0.05, 0) is 31.2 Å². The quantitative estimate of drug-likeness (QED) is 0.473. The normalized spacial score (nSPS) is 22.5. The van der Waals surface area contributed by atoms with Crippen molar-refractivity contribution in [2.45, 2.75) is 13.0 Å². The fourth-order valence-electron chi connectivity index (χ4n) is 2.66. The number of anilines is 1. The third-order valence-electron chi connectivity index (χ3n) is 3.85. The zero-order valence-electron chi connectivity index (χ0n) is 12.4. The Morgan fingerprint density at radius 1 is 1.17 bits per heavy atom. The van der Waals surface area contributed by atoms with E-state index in [1.807, 2.05) is 0 Å². The first-order chi connectivity index (χ1) is 11.0. The first-order valence-corrected chi connectivity index (χ1v) is 6.86. The van der Waals surface area contributed by atoms with Crippen LogP contribution in [0.4, 0.5) is 5.69 Å². The number of imide groups is 1. The zero-order chi connectivity index (χ0) is 16.7. The lowest BCUT2D eigenvalue weighted by molar-refractivity contribution is -0.133. The monoisotopic (exact) mass is 315 g/mol. The Balaban J connectivity index is 1.92. The summed E-state index contributed by atoms with van der Waals surface area (Å²) in [5.74, 6) is -2.92. The van der Waals surface area contributed by atoms with Crippen molar-refractivity contribution in [2.75, 3.05) is 12.0 Å². The number of ether oxygens (including phenoxy) is 1. The summed E-state index contributed by atoms with van der Waals surface area (Å²) >= 11 is 0. The van der Waals surface area contributed by atoms with E-state index >= 15 is 0 Å². The molecular formula is C15H13N3O5. The van der Waals surface area contributed by atoms with E-state index in [0.29, 0.717) is 11.3 Å². The van der Waals surface area contributed by atoms with E-state index in [0.717, 1.165) is 4.90 Å². The first-order valence-electron chi connectivity index (χ1n) is 6.86. The number of ketones is 1. The van der Waals surface area contributed by atoms with Crippen LogP contribution in [0.1, 0.15) is 17.3 Å². The lowest BCUT2D eigenvalue weighted by atomic mass is 9.99. The number of hydrazone groups is 1. The van der Waals surface area contributed by atoms with Crippen LogP contribution in [-0.4, -0.2) is 42.4 Å². The van der Waals surface area contributed by atoms with Crippen LogP contribution in [0, 0.1) is 5.92 Å². The van der Waals surface area contributed by atoms with Crippen LogP contribution >= 0.6 is 0 Å². The number of fused-ring (bicyclic) bond motifs is 1. The molecule has 1 aromatic carbocycles. The second kappa shape index (κ2) is 5.31. The summed E-state index contributed by atoms with van der Waals surface area (Å²) in [6.45, 7) is 1.43. The van der Waals surface area contributed by atoms with E-state index < -0.39 is 29.7 Å². The molecule has 2 aliphatic rings. The molecule has 1 N–H and O–H groups in total. The molecule has 2 amide bonds. The Bertz CT molecular complexity index is 753. The maximum absolute atomic E-state index is 12.6. The van der Waals surface area contributed by atoms with Gasteiger partial charge >= 0.3 is 5.97 Å². The number of rotatable bonds is 3. The van der Waals surface area contributed by atoms with Crippen molar-refractivity contribution in [2.24, 2.45) is 11.0 Å². The second-order valence-electron chi connectivity index (χ2n) is 5.19. The predicted octanol–water partition coefficient (Wildman–Crippen LogP) is -0.121. The molecule has 0 aliphatic carbocycles. The molecule has 0 aromatic heterocycles. The lowest BCUT2D eigenvalue weighted by Crippen LogP contribution is -2.36. The molecule has 0 bridgehead atoms. The van der Waals surface area contributed by atoms with Crippen LogP contribution in [0.5, 0.6) is 0 Å². The maximum Gasteiger partial charge on any atom is 0.355 e. The molecule has 0 radical (unpaired) electrons. The van der Waals surface area contributed by atoms with Gasteiger partial charge in [-0.3, -0.25) is 19.8 Å². The molecular weight excluding hydrogens is 302 g/mol. The van der Waals surface area contributed by atoms with Crippen LogP contribution in [0.3, 0.4) is 0 Å². The minimum absolute atomic E-state index is 0.112. The highest BCUT2D eigenvalue weighted by Crippen LogP contribution is 2.30. The Kier molecular flexibility index (Phi) is 3.44. The average molecular weight is 315 g/mol. The highest BCUT2D eigenvalue weighted by atomic mass is 16.5. The number of carbonyl (C=O) groups excluding carboxylic acids is 4.